The van der Waals surface area contributed by atoms with E-state index < -0.39 is 0 Å². The molecule has 0 aliphatic carbocycles. The predicted molar refractivity (Wildman–Crippen MR) is 69.9 cm³/mol. The number of aliphatic imine (C=N–C) groups is 1. The fraction of sp³-hybridized carbons (Fsp3) is 0.385. The lowest BCUT2D eigenvalue weighted by atomic mass is 10.0. The molecule has 0 radical (unpaired) electrons. The van der Waals surface area contributed by atoms with Crippen molar-refractivity contribution in [3.05, 3.63) is 35.9 Å². The summed E-state index contributed by atoms with van der Waals surface area (Å²) in [4.78, 5) is 17.4. The second-order valence-electron chi connectivity index (χ2n) is 4.07. The molecule has 92 valence electrons. The molecule has 1 unspecified atom stereocenters. The number of hydrogen-bond donors (Lipinski definition) is 1. The molecule has 1 atom stereocenters. The van der Waals surface area contributed by atoms with Crippen molar-refractivity contribution in [2.24, 2.45) is 10.7 Å². The quantitative estimate of drug-likeness (QED) is 0.610. The van der Waals surface area contributed by atoms with Crippen molar-refractivity contribution in [1.82, 2.24) is 4.90 Å². The minimum Gasteiger partial charge on any atom is -0.390 e. The van der Waals surface area contributed by atoms with Crippen LogP contribution in [0.25, 0.3) is 0 Å². The van der Waals surface area contributed by atoms with Crippen LogP contribution in [0.1, 0.15) is 12.0 Å². The van der Waals surface area contributed by atoms with E-state index in [-0.39, 0.29) is 11.9 Å². The fourth-order valence-electron chi connectivity index (χ4n) is 1.61. The van der Waals surface area contributed by atoms with E-state index >= 15 is 0 Å². The molecule has 0 bridgehead atoms. The van der Waals surface area contributed by atoms with Crippen LogP contribution in [0.4, 0.5) is 0 Å². The molecule has 0 heterocycles. The van der Waals surface area contributed by atoms with Gasteiger partial charge in [-0.2, -0.15) is 0 Å². The average molecular weight is 233 g/mol. The van der Waals surface area contributed by atoms with Crippen molar-refractivity contribution in [3.63, 3.8) is 0 Å². The molecule has 0 saturated heterocycles. The molecule has 2 N–H and O–H groups in total. The van der Waals surface area contributed by atoms with E-state index in [0.29, 0.717) is 6.42 Å². The van der Waals surface area contributed by atoms with Gasteiger partial charge in [-0.25, -0.2) is 0 Å². The Morgan fingerprint density at radius 2 is 2.06 bits per heavy atom. The Morgan fingerprint density at radius 3 is 2.59 bits per heavy atom. The maximum Gasteiger partial charge on any atom is 0.246 e. The van der Waals surface area contributed by atoms with E-state index in [9.17, 15) is 4.79 Å². The number of hydrogen-bond acceptors (Lipinski definition) is 2. The Hall–Kier alpha value is -1.84. The average Bonchev–Trinajstić information content (AvgIpc) is 2.34. The highest BCUT2D eigenvalue weighted by atomic mass is 16.2. The van der Waals surface area contributed by atoms with Crippen molar-refractivity contribution in [2.45, 2.75) is 18.9 Å². The zero-order valence-corrected chi connectivity index (χ0v) is 10.3. The second-order valence-corrected chi connectivity index (χ2v) is 4.07. The van der Waals surface area contributed by atoms with Gasteiger partial charge in [0.05, 0.1) is 6.34 Å². The summed E-state index contributed by atoms with van der Waals surface area (Å²) in [6, 6.07) is 9.67. The smallest absolute Gasteiger partial charge is 0.246 e. The van der Waals surface area contributed by atoms with Crippen LogP contribution in [0.2, 0.25) is 0 Å². The van der Waals surface area contributed by atoms with Gasteiger partial charge in [0.25, 0.3) is 0 Å². The highest BCUT2D eigenvalue weighted by Gasteiger charge is 2.18. The third kappa shape index (κ3) is 4.26. The van der Waals surface area contributed by atoms with Gasteiger partial charge in [-0.1, -0.05) is 30.3 Å². The number of nitrogens with two attached hydrogens (primary N) is 1. The first-order valence-electron chi connectivity index (χ1n) is 5.63. The summed E-state index contributed by atoms with van der Waals surface area (Å²) < 4.78 is 0. The number of nitrogens with zero attached hydrogens (tertiary/aromatic N) is 2. The lowest BCUT2D eigenvalue weighted by Crippen LogP contribution is -2.33. The molecule has 1 aromatic carbocycles. The monoisotopic (exact) mass is 233 g/mol. The normalized spacial score (nSPS) is 12.6. The van der Waals surface area contributed by atoms with E-state index in [4.69, 9.17) is 5.73 Å². The van der Waals surface area contributed by atoms with Gasteiger partial charge in [-0.05, 0) is 18.4 Å². The minimum absolute atomic E-state index is 0.0115. The molecule has 1 amide bonds. The summed E-state index contributed by atoms with van der Waals surface area (Å²) in [6.07, 6.45) is 2.70. The van der Waals surface area contributed by atoms with Gasteiger partial charge >= 0.3 is 0 Å². The molecule has 4 heteroatoms. The second kappa shape index (κ2) is 6.68. The molecule has 17 heavy (non-hydrogen) atoms. The molecule has 4 nitrogen and oxygen atoms in total. The summed E-state index contributed by atoms with van der Waals surface area (Å²) in [5, 5.41) is 0. The first-order chi connectivity index (χ1) is 8.15. The van der Waals surface area contributed by atoms with Crippen LogP contribution >= 0.6 is 0 Å². The summed E-state index contributed by atoms with van der Waals surface area (Å²) in [7, 11) is 3.45. The molecular weight excluding hydrogens is 214 g/mol. The maximum absolute atomic E-state index is 11.8. The predicted octanol–water partition coefficient (Wildman–Crippen LogP) is 1.06. The van der Waals surface area contributed by atoms with E-state index in [1.807, 2.05) is 30.3 Å². The SMILES string of the molecule is CN(C)C(=O)C(CCc1ccccc1)N=CN. The lowest BCUT2D eigenvalue weighted by molar-refractivity contribution is -0.130. The van der Waals surface area contributed by atoms with Crippen molar-refractivity contribution < 1.29 is 4.79 Å². The molecule has 1 rings (SSSR count). The highest BCUT2D eigenvalue weighted by molar-refractivity contribution is 5.82. The number of rotatable bonds is 5. The van der Waals surface area contributed by atoms with Gasteiger partial charge in [-0.15, -0.1) is 0 Å². The number of benzene rings is 1. The van der Waals surface area contributed by atoms with Crippen LogP contribution < -0.4 is 5.73 Å². The van der Waals surface area contributed by atoms with Crippen molar-refractivity contribution in [2.75, 3.05) is 14.1 Å². The van der Waals surface area contributed by atoms with E-state index in [1.54, 1.807) is 19.0 Å². The molecule has 0 aliphatic rings. The number of likely N-dealkylation sites (N-methyl/N-ethyl adjacent to an activating group) is 1. The molecule has 1 aromatic rings. The molecular formula is C13H19N3O. The number of carbonyl (C=O) groups is 1. The van der Waals surface area contributed by atoms with E-state index in [0.717, 1.165) is 6.42 Å². The summed E-state index contributed by atoms with van der Waals surface area (Å²) >= 11 is 0. The molecule has 0 saturated carbocycles. The Balaban J connectivity index is 2.59. The number of amides is 1. The molecule has 0 fully saturated rings. The van der Waals surface area contributed by atoms with Gasteiger partial charge in [0, 0.05) is 14.1 Å². The van der Waals surface area contributed by atoms with Gasteiger partial charge in [0.1, 0.15) is 6.04 Å². The van der Waals surface area contributed by atoms with E-state index in [2.05, 4.69) is 4.99 Å². The van der Waals surface area contributed by atoms with Gasteiger partial charge < -0.3 is 10.6 Å². The third-order valence-electron chi connectivity index (χ3n) is 2.54. The Bertz CT molecular complexity index is 374. The maximum atomic E-state index is 11.8. The van der Waals surface area contributed by atoms with Gasteiger partial charge in [-0.3, -0.25) is 9.79 Å². The topological polar surface area (TPSA) is 58.7 Å². The van der Waals surface area contributed by atoms with Crippen LogP contribution in [0, 0.1) is 0 Å². The third-order valence-corrected chi connectivity index (χ3v) is 2.54. The summed E-state index contributed by atoms with van der Waals surface area (Å²) in [5.74, 6) is -0.0115. The summed E-state index contributed by atoms with van der Waals surface area (Å²) in [6.45, 7) is 0. The summed E-state index contributed by atoms with van der Waals surface area (Å²) in [5.41, 5.74) is 6.48. The molecule has 0 aromatic heterocycles. The van der Waals surface area contributed by atoms with Crippen LogP contribution in [-0.4, -0.2) is 37.3 Å². The Labute approximate surface area is 102 Å². The molecule has 0 aliphatic heterocycles. The molecule has 0 spiro atoms. The number of carbonyl (C=O) groups excluding carboxylic acids is 1. The van der Waals surface area contributed by atoms with Crippen molar-refractivity contribution in [1.29, 1.82) is 0 Å². The minimum atomic E-state index is -0.379. The first-order valence-corrected chi connectivity index (χ1v) is 5.63. The van der Waals surface area contributed by atoms with Crippen LogP contribution in [-0.2, 0) is 11.2 Å². The Kier molecular flexibility index (Phi) is 5.20. The van der Waals surface area contributed by atoms with Crippen LogP contribution in [0.3, 0.4) is 0 Å². The van der Waals surface area contributed by atoms with E-state index in [1.165, 1.54) is 11.9 Å². The highest BCUT2D eigenvalue weighted by Crippen LogP contribution is 2.08. The zero-order valence-electron chi connectivity index (χ0n) is 10.3. The largest absolute Gasteiger partial charge is 0.390 e. The fourth-order valence-corrected chi connectivity index (χ4v) is 1.61. The zero-order chi connectivity index (χ0) is 12.7. The van der Waals surface area contributed by atoms with Gasteiger partial charge in [0.2, 0.25) is 5.91 Å². The van der Waals surface area contributed by atoms with Crippen molar-refractivity contribution >= 4 is 12.2 Å². The van der Waals surface area contributed by atoms with Crippen molar-refractivity contribution in [3.8, 4) is 0 Å². The van der Waals surface area contributed by atoms with Crippen LogP contribution in [0.5, 0.6) is 0 Å². The first kappa shape index (κ1) is 13.2. The van der Waals surface area contributed by atoms with Gasteiger partial charge in [0.15, 0.2) is 0 Å². The number of aryl methyl sites for hydroxylation is 1. The van der Waals surface area contributed by atoms with Crippen LogP contribution in [0.15, 0.2) is 35.3 Å². The lowest BCUT2D eigenvalue weighted by Gasteiger charge is -2.16. The standard InChI is InChI=1S/C13H19N3O/c1-16(2)13(17)12(15-10-14)9-8-11-6-4-3-5-7-11/h3-7,10,12H,8-9H2,1-2H3,(H2,14,15). The Morgan fingerprint density at radius 1 is 1.41 bits per heavy atom.